The number of aliphatic carboxylic acids is 1. The number of nitrogens with two attached hydrogens (primary N) is 1. The van der Waals surface area contributed by atoms with E-state index in [1.54, 1.807) is 0 Å². The molecule has 0 aliphatic rings. The molecule has 1 rings (SSSR count). The van der Waals surface area contributed by atoms with E-state index in [0.29, 0.717) is 0 Å². The molecule has 1 heterocycles. The lowest BCUT2D eigenvalue weighted by atomic mass is 10.1. The quantitative estimate of drug-likeness (QED) is 0.382. The van der Waals surface area contributed by atoms with Crippen molar-refractivity contribution in [1.82, 2.24) is 4.98 Å². The first-order chi connectivity index (χ1) is 7.54. The zero-order valence-electron chi connectivity index (χ0n) is 8.04. The summed E-state index contributed by atoms with van der Waals surface area (Å²) >= 11 is 1.11. The summed E-state index contributed by atoms with van der Waals surface area (Å²) in [4.78, 5) is 24.8. The maximum atomic E-state index is 10.9. The van der Waals surface area contributed by atoms with E-state index in [-0.39, 0.29) is 23.7 Å². The minimum absolute atomic E-state index is 0.189. The number of carbonyl (C=O) groups is 2. The van der Waals surface area contributed by atoms with Gasteiger partial charge in [-0.2, -0.15) is 0 Å². The first-order valence-electron chi connectivity index (χ1n) is 4.14. The number of aldehydes is 1. The zero-order chi connectivity index (χ0) is 12.1. The molecule has 86 valence electrons. The van der Waals surface area contributed by atoms with Gasteiger partial charge in [0.1, 0.15) is 12.5 Å². The minimum atomic E-state index is -1.15. The number of rotatable bonds is 5. The number of hydrogen-bond donors (Lipinski definition) is 3. The van der Waals surface area contributed by atoms with Crippen LogP contribution in [0, 0.1) is 5.41 Å². The molecule has 1 aromatic rings. The highest BCUT2D eigenvalue weighted by molar-refractivity contribution is 7.13. The third-order valence-electron chi connectivity index (χ3n) is 1.71. The van der Waals surface area contributed by atoms with Gasteiger partial charge in [-0.05, 0) is 0 Å². The van der Waals surface area contributed by atoms with Crippen molar-refractivity contribution in [2.45, 2.75) is 5.92 Å². The van der Waals surface area contributed by atoms with Gasteiger partial charge in [0, 0.05) is 5.38 Å². The van der Waals surface area contributed by atoms with Crippen LogP contribution in [0.5, 0.6) is 0 Å². The van der Waals surface area contributed by atoms with Crippen LogP contribution in [-0.2, 0) is 14.3 Å². The first kappa shape index (κ1) is 12.1. The Kier molecular flexibility index (Phi) is 3.95. The molecule has 0 aliphatic heterocycles. The highest BCUT2D eigenvalue weighted by Gasteiger charge is 2.23. The van der Waals surface area contributed by atoms with Crippen LogP contribution in [0.1, 0.15) is 11.6 Å². The molecule has 0 spiro atoms. The molecular weight excluding hydrogens is 234 g/mol. The van der Waals surface area contributed by atoms with Crippen LogP contribution in [-0.4, -0.2) is 34.9 Å². The highest BCUT2D eigenvalue weighted by Crippen LogP contribution is 2.20. The minimum Gasteiger partial charge on any atom is -0.481 e. The van der Waals surface area contributed by atoms with E-state index >= 15 is 0 Å². The van der Waals surface area contributed by atoms with Gasteiger partial charge in [-0.1, -0.05) is 0 Å². The van der Waals surface area contributed by atoms with Crippen LogP contribution < -0.4 is 5.73 Å². The molecule has 0 saturated carbocycles. The molecule has 0 radical (unpaired) electrons. The predicted molar refractivity (Wildman–Crippen MR) is 56.6 cm³/mol. The van der Waals surface area contributed by atoms with Crippen LogP contribution in [0.4, 0.5) is 5.13 Å². The topological polar surface area (TPSA) is 126 Å². The monoisotopic (exact) mass is 243 g/mol. The number of ether oxygens (including phenoxy) is 1. The molecule has 0 saturated heterocycles. The second kappa shape index (κ2) is 5.21. The lowest BCUT2D eigenvalue weighted by molar-refractivity contribution is -0.139. The number of carboxylic acid groups (broad SMARTS) is 1. The second-order valence-electron chi connectivity index (χ2n) is 2.79. The summed E-state index contributed by atoms with van der Waals surface area (Å²) in [6.07, 6.45) is 0.189. The zero-order valence-corrected chi connectivity index (χ0v) is 8.86. The SMILES string of the molecule is N=C(C=O)OCC(C(=O)O)c1csc(N)n1. The largest absolute Gasteiger partial charge is 0.481 e. The van der Waals surface area contributed by atoms with Crippen LogP contribution >= 0.6 is 11.3 Å². The normalized spacial score (nSPS) is 11.8. The molecular formula is C8H9N3O4S. The van der Waals surface area contributed by atoms with Gasteiger partial charge >= 0.3 is 5.97 Å². The molecule has 7 nitrogen and oxygen atoms in total. The summed E-state index contributed by atoms with van der Waals surface area (Å²) < 4.78 is 4.64. The molecule has 0 aromatic carbocycles. The Morgan fingerprint density at radius 3 is 2.94 bits per heavy atom. The summed E-state index contributed by atoms with van der Waals surface area (Å²) in [5.74, 6) is -2.80. The summed E-state index contributed by atoms with van der Waals surface area (Å²) in [5, 5.41) is 17.6. The molecule has 0 bridgehead atoms. The fourth-order valence-corrected chi connectivity index (χ4v) is 1.57. The van der Waals surface area contributed by atoms with Crippen molar-refractivity contribution in [3.63, 3.8) is 0 Å². The van der Waals surface area contributed by atoms with Gasteiger partial charge < -0.3 is 15.6 Å². The summed E-state index contributed by atoms with van der Waals surface area (Å²) in [6.45, 7) is -0.323. The van der Waals surface area contributed by atoms with Gasteiger partial charge in [-0.15, -0.1) is 11.3 Å². The maximum Gasteiger partial charge on any atom is 0.316 e. The van der Waals surface area contributed by atoms with Gasteiger partial charge in [0.05, 0.1) is 5.69 Å². The van der Waals surface area contributed by atoms with Gasteiger partial charge in [0.15, 0.2) is 5.13 Å². The number of nitrogens with one attached hydrogen (secondary N) is 1. The molecule has 4 N–H and O–H groups in total. The predicted octanol–water partition coefficient (Wildman–Crippen LogP) is 0.0863. The smallest absolute Gasteiger partial charge is 0.316 e. The number of anilines is 1. The lowest BCUT2D eigenvalue weighted by Crippen LogP contribution is -2.20. The van der Waals surface area contributed by atoms with Crippen molar-refractivity contribution in [2.75, 3.05) is 12.3 Å². The Hall–Kier alpha value is -1.96. The number of thiazole rings is 1. The van der Waals surface area contributed by atoms with E-state index in [2.05, 4.69) is 9.72 Å². The Labute approximate surface area is 94.4 Å². The molecule has 1 unspecified atom stereocenters. The van der Waals surface area contributed by atoms with E-state index in [4.69, 9.17) is 16.2 Å². The van der Waals surface area contributed by atoms with Crippen molar-refractivity contribution >= 4 is 34.6 Å². The van der Waals surface area contributed by atoms with E-state index in [0.717, 1.165) is 11.3 Å². The van der Waals surface area contributed by atoms with Crippen molar-refractivity contribution in [2.24, 2.45) is 0 Å². The standard InChI is InChI=1S/C8H9N3O4S/c9-6(1-12)15-2-4(7(13)14)5-3-16-8(10)11-5/h1,3-4,9H,2H2,(H2,10,11)(H,13,14). The first-order valence-corrected chi connectivity index (χ1v) is 5.02. The molecule has 0 aliphatic carbocycles. The van der Waals surface area contributed by atoms with E-state index in [1.165, 1.54) is 5.38 Å². The Balaban J connectivity index is 2.72. The molecule has 8 heteroatoms. The number of aromatic nitrogens is 1. The van der Waals surface area contributed by atoms with E-state index < -0.39 is 17.8 Å². The average molecular weight is 243 g/mol. The Morgan fingerprint density at radius 2 is 2.50 bits per heavy atom. The second-order valence-corrected chi connectivity index (χ2v) is 3.68. The number of carboxylic acids is 1. The van der Waals surface area contributed by atoms with Crippen molar-refractivity contribution < 1.29 is 19.4 Å². The van der Waals surface area contributed by atoms with E-state index in [1.807, 2.05) is 0 Å². The van der Waals surface area contributed by atoms with Gasteiger partial charge in [-0.25, -0.2) is 4.98 Å². The molecule has 0 fully saturated rings. The van der Waals surface area contributed by atoms with Gasteiger partial charge in [0.2, 0.25) is 12.2 Å². The number of hydrogen-bond acceptors (Lipinski definition) is 7. The van der Waals surface area contributed by atoms with Crippen molar-refractivity contribution in [3.8, 4) is 0 Å². The third kappa shape index (κ3) is 3.02. The Morgan fingerprint density at radius 1 is 1.81 bits per heavy atom. The molecule has 0 amide bonds. The van der Waals surface area contributed by atoms with Crippen molar-refractivity contribution in [3.05, 3.63) is 11.1 Å². The Bertz CT molecular complexity index is 417. The average Bonchev–Trinajstić information content (AvgIpc) is 2.64. The van der Waals surface area contributed by atoms with Crippen LogP contribution in [0.3, 0.4) is 0 Å². The summed E-state index contributed by atoms with van der Waals surface area (Å²) in [6, 6.07) is 0. The number of carbonyl (C=O) groups excluding carboxylic acids is 1. The maximum absolute atomic E-state index is 10.9. The number of nitrogens with zero attached hydrogens (tertiary/aromatic N) is 1. The fraction of sp³-hybridized carbons (Fsp3) is 0.250. The summed E-state index contributed by atoms with van der Waals surface area (Å²) in [5.41, 5.74) is 5.63. The van der Waals surface area contributed by atoms with Gasteiger partial charge in [0.25, 0.3) is 0 Å². The third-order valence-corrected chi connectivity index (χ3v) is 2.40. The molecule has 16 heavy (non-hydrogen) atoms. The van der Waals surface area contributed by atoms with Crippen molar-refractivity contribution in [1.29, 1.82) is 5.41 Å². The molecule has 1 atom stereocenters. The summed E-state index contributed by atoms with van der Waals surface area (Å²) in [7, 11) is 0. The number of nitrogen functional groups attached to an aromatic ring is 1. The highest BCUT2D eigenvalue weighted by atomic mass is 32.1. The van der Waals surface area contributed by atoms with E-state index in [9.17, 15) is 9.59 Å². The lowest BCUT2D eigenvalue weighted by Gasteiger charge is -2.09. The van der Waals surface area contributed by atoms with Crippen LogP contribution in [0.2, 0.25) is 0 Å². The van der Waals surface area contributed by atoms with Gasteiger partial charge in [-0.3, -0.25) is 15.0 Å². The molecule has 1 aromatic heterocycles. The van der Waals surface area contributed by atoms with Crippen LogP contribution in [0.25, 0.3) is 0 Å². The van der Waals surface area contributed by atoms with Crippen LogP contribution in [0.15, 0.2) is 5.38 Å². The fourth-order valence-electron chi connectivity index (χ4n) is 0.951.